The van der Waals surface area contributed by atoms with E-state index in [1.54, 1.807) is 0 Å². The molecule has 1 aromatic carbocycles. The minimum Gasteiger partial charge on any atom is -0.394 e. The fourth-order valence-electron chi connectivity index (χ4n) is 6.59. The molecule has 2 N–H and O–H groups in total. The molecule has 4 aliphatic carbocycles. The highest BCUT2D eigenvalue weighted by atomic mass is 16.3. The number of aliphatic hydroxyl groups excluding tert-OH is 1. The van der Waals surface area contributed by atoms with Gasteiger partial charge in [-0.15, -0.1) is 0 Å². The molecule has 25 heavy (non-hydrogen) atoms. The normalized spacial score (nSPS) is 36.4. The van der Waals surface area contributed by atoms with Gasteiger partial charge in [-0.3, -0.25) is 4.79 Å². The fourth-order valence-corrected chi connectivity index (χ4v) is 6.59. The Balaban J connectivity index is 1.58. The second-order valence-electron chi connectivity index (χ2n) is 9.87. The van der Waals surface area contributed by atoms with Crippen molar-refractivity contribution in [1.29, 1.82) is 0 Å². The maximum atomic E-state index is 12.7. The number of carbonyl (C=O) groups excluding carboxylic acids is 1. The SMILES string of the molecule is CC(C)(CO)NC(=O)CC12C[C@H]3C[C@H](C1)CC(c1ccccc1)(C3)C2. The Kier molecular flexibility index (Phi) is 3.99. The van der Waals surface area contributed by atoms with Crippen LogP contribution in [-0.4, -0.2) is 23.2 Å². The summed E-state index contributed by atoms with van der Waals surface area (Å²) in [5, 5.41) is 12.5. The highest BCUT2D eigenvalue weighted by Crippen LogP contribution is 2.66. The van der Waals surface area contributed by atoms with E-state index < -0.39 is 5.54 Å². The summed E-state index contributed by atoms with van der Waals surface area (Å²) in [5.74, 6) is 1.67. The molecule has 0 heterocycles. The summed E-state index contributed by atoms with van der Waals surface area (Å²) in [5.41, 5.74) is 1.41. The first-order valence-electron chi connectivity index (χ1n) is 9.81. The maximum Gasteiger partial charge on any atom is 0.221 e. The molecular formula is C22H31NO2. The summed E-state index contributed by atoms with van der Waals surface area (Å²) in [6.07, 6.45) is 8.18. The van der Waals surface area contributed by atoms with Crippen molar-refractivity contribution < 1.29 is 9.90 Å². The molecule has 4 bridgehead atoms. The minimum absolute atomic E-state index is 0.0229. The van der Waals surface area contributed by atoms with Crippen LogP contribution in [0.15, 0.2) is 30.3 Å². The Labute approximate surface area is 151 Å². The Morgan fingerprint density at radius 2 is 1.80 bits per heavy atom. The van der Waals surface area contributed by atoms with Crippen LogP contribution in [0.25, 0.3) is 0 Å². The largest absolute Gasteiger partial charge is 0.394 e. The lowest BCUT2D eigenvalue weighted by atomic mass is 9.42. The zero-order valence-corrected chi connectivity index (χ0v) is 15.6. The quantitative estimate of drug-likeness (QED) is 0.856. The van der Waals surface area contributed by atoms with Crippen molar-refractivity contribution in [2.24, 2.45) is 17.3 Å². The number of aliphatic hydroxyl groups is 1. The van der Waals surface area contributed by atoms with E-state index in [1.165, 1.54) is 37.7 Å². The third-order valence-electron chi connectivity index (χ3n) is 6.98. The van der Waals surface area contributed by atoms with E-state index in [-0.39, 0.29) is 23.3 Å². The predicted molar refractivity (Wildman–Crippen MR) is 99.2 cm³/mol. The summed E-state index contributed by atoms with van der Waals surface area (Å²) in [6.45, 7) is 3.75. The smallest absolute Gasteiger partial charge is 0.221 e. The van der Waals surface area contributed by atoms with Gasteiger partial charge in [-0.1, -0.05) is 30.3 Å². The molecule has 4 fully saturated rings. The lowest BCUT2D eigenvalue weighted by Crippen LogP contribution is -2.56. The van der Waals surface area contributed by atoms with Crippen LogP contribution in [0.3, 0.4) is 0 Å². The lowest BCUT2D eigenvalue weighted by molar-refractivity contribution is -0.133. The van der Waals surface area contributed by atoms with E-state index in [0.717, 1.165) is 18.3 Å². The number of benzene rings is 1. The van der Waals surface area contributed by atoms with Gasteiger partial charge in [-0.25, -0.2) is 0 Å². The number of hydrogen-bond donors (Lipinski definition) is 2. The van der Waals surface area contributed by atoms with Crippen molar-refractivity contribution in [3.8, 4) is 0 Å². The van der Waals surface area contributed by atoms with Crippen molar-refractivity contribution in [1.82, 2.24) is 5.32 Å². The van der Waals surface area contributed by atoms with Crippen LogP contribution in [0, 0.1) is 17.3 Å². The summed E-state index contributed by atoms with van der Waals surface area (Å²) in [6, 6.07) is 11.0. The Hall–Kier alpha value is -1.35. The molecule has 4 aliphatic rings. The highest BCUT2D eigenvalue weighted by molar-refractivity contribution is 5.77. The van der Waals surface area contributed by atoms with E-state index in [4.69, 9.17) is 0 Å². The lowest BCUT2D eigenvalue weighted by Gasteiger charge is -2.62. The van der Waals surface area contributed by atoms with Gasteiger partial charge < -0.3 is 10.4 Å². The van der Waals surface area contributed by atoms with Crippen molar-refractivity contribution in [3.05, 3.63) is 35.9 Å². The van der Waals surface area contributed by atoms with Gasteiger partial charge in [0.2, 0.25) is 5.91 Å². The molecule has 5 rings (SSSR count). The second-order valence-corrected chi connectivity index (χ2v) is 9.87. The molecule has 136 valence electrons. The molecule has 1 aromatic rings. The van der Waals surface area contributed by atoms with Gasteiger partial charge in [0.05, 0.1) is 12.1 Å². The van der Waals surface area contributed by atoms with Crippen molar-refractivity contribution in [2.75, 3.05) is 6.61 Å². The molecule has 4 saturated carbocycles. The molecule has 0 aliphatic heterocycles. The van der Waals surface area contributed by atoms with E-state index in [2.05, 4.69) is 35.6 Å². The third kappa shape index (κ3) is 3.12. The van der Waals surface area contributed by atoms with Crippen LogP contribution in [0.5, 0.6) is 0 Å². The van der Waals surface area contributed by atoms with Crippen molar-refractivity contribution in [2.45, 2.75) is 69.7 Å². The summed E-state index contributed by atoms with van der Waals surface area (Å²) in [7, 11) is 0. The van der Waals surface area contributed by atoms with Gasteiger partial charge in [-0.2, -0.15) is 0 Å². The van der Waals surface area contributed by atoms with Crippen LogP contribution < -0.4 is 5.32 Å². The van der Waals surface area contributed by atoms with Gasteiger partial charge in [0.1, 0.15) is 0 Å². The summed E-state index contributed by atoms with van der Waals surface area (Å²) < 4.78 is 0. The fraction of sp³-hybridized carbons (Fsp3) is 0.682. The van der Waals surface area contributed by atoms with Crippen molar-refractivity contribution in [3.63, 3.8) is 0 Å². The van der Waals surface area contributed by atoms with Gasteiger partial charge in [0, 0.05) is 6.42 Å². The second kappa shape index (κ2) is 5.84. The van der Waals surface area contributed by atoms with E-state index in [0.29, 0.717) is 6.42 Å². The Morgan fingerprint density at radius 1 is 1.16 bits per heavy atom. The predicted octanol–water partition coefficient (Wildman–Crippen LogP) is 3.80. The zero-order chi connectivity index (χ0) is 17.7. The molecule has 3 heteroatoms. The monoisotopic (exact) mass is 341 g/mol. The van der Waals surface area contributed by atoms with Gasteiger partial charge in [0.15, 0.2) is 0 Å². The van der Waals surface area contributed by atoms with E-state index in [1.807, 2.05) is 13.8 Å². The van der Waals surface area contributed by atoms with Gasteiger partial charge in [0.25, 0.3) is 0 Å². The first-order valence-corrected chi connectivity index (χ1v) is 9.81. The first-order chi connectivity index (χ1) is 11.8. The van der Waals surface area contributed by atoms with Gasteiger partial charge in [-0.05, 0) is 80.6 Å². The molecule has 1 amide bonds. The van der Waals surface area contributed by atoms with Crippen molar-refractivity contribution >= 4 is 5.91 Å². The molecular weight excluding hydrogens is 310 g/mol. The molecule has 2 atom stereocenters. The van der Waals surface area contributed by atoms with Crippen LogP contribution in [-0.2, 0) is 10.2 Å². The summed E-state index contributed by atoms with van der Waals surface area (Å²) >= 11 is 0. The minimum atomic E-state index is -0.531. The van der Waals surface area contributed by atoms with E-state index >= 15 is 0 Å². The number of carbonyl (C=O) groups is 1. The first kappa shape index (κ1) is 17.1. The average molecular weight is 341 g/mol. The summed E-state index contributed by atoms with van der Waals surface area (Å²) in [4.78, 5) is 12.7. The van der Waals surface area contributed by atoms with Gasteiger partial charge >= 0.3 is 0 Å². The topological polar surface area (TPSA) is 49.3 Å². The Bertz CT molecular complexity index is 637. The molecule has 0 spiro atoms. The molecule has 0 radical (unpaired) electrons. The third-order valence-corrected chi connectivity index (χ3v) is 6.98. The average Bonchev–Trinajstić information content (AvgIpc) is 2.53. The molecule has 0 unspecified atom stereocenters. The number of hydrogen-bond acceptors (Lipinski definition) is 2. The van der Waals surface area contributed by atoms with Crippen LogP contribution in [0.2, 0.25) is 0 Å². The number of rotatable bonds is 5. The Morgan fingerprint density at radius 3 is 2.40 bits per heavy atom. The molecule has 0 saturated heterocycles. The van der Waals surface area contributed by atoms with E-state index in [9.17, 15) is 9.90 Å². The highest BCUT2D eigenvalue weighted by Gasteiger charge is 2.58. The maximum absolute atomic E-state index is 12.7. The van der Waals surface area contributed by atoms with Crippen LogP contribution >= 0.6 is 0 Å². The molecule has 0 aromatic heterocycles. The van der Waals surface area contributed by atoms with Crippen LogP contribution in [0.4, 0.5) is 0 Å². The number of nitrogens with one attached hydrogen (secondary N) is 1. The molecule has 3 nitrogen and oxygen atoms in total. The zero-order valence-electron chi connectivity index (χ0n) is 15.6. The standard InChI is InChI=1S/C22H31NO2/c1-20(2,15-24)23-19(25)13-21-9-16-8-17(10-21)12-22(11-16,14-21)18-6-4-3-5-7-18/h3-7,16-17,24H,8-15H2,1-2H3,(H,23,25)/t16-,17-,21?,22?/m1/s1. The number of amides is 1. The van der Waals surface area contributed by atoms with Crippen LogP contribution in [0.1, 0.15) is 64.4 Å².